The van der Waals surface area contributed by atoms with Crippen LogP contribution in [0.15, 0.2) is 0 Å². The fourth-order valence-corrected chi connectivity index (χ4v) is 0.637. The van der Waals surface area contributed by atoms with Crippen LogP contribution in [0.4, 0.5) is 0 Å². The summed E-state index contributed by atoms with van der Waals surface area (Å²) < 4.78 is 0. The molecule has 0 aromatic carbocycles. The van der Waals surface area contributed by atoms with Crippen LogP contribution in [0.3, 0.4) is 0 Å². The fourth-order valence-electron chi connectivity index (χ4n) is 0.637. The lowest BCUT2D eigenvalue weighted by atomic mass is 10.3. The van der Waals surface area contributed by atoms with Crippen LogP contribution in [0, 0.1) is 0 Å². The van der Waals surface area contributed by atoms with Crippen LogP contribution >= 0.6 is 0 Å². The summed E-state index contributed by atoms with van der Waals surface area (Å²) in [6.45, 7) is 1.27. The van der Waals surface area contributed by atoms with E-state index in [9.17, 15) is 0 Å². The lowest BCUT2D eigenvalue weighted by molar-refractivity contribution is 0.118. The average Bonchev–Trinajstić information content (AvgIpc) is 1.97. The average molecular weight is 148 g/mol. The van der Waals surface area contributed by atoms with E-state index in [0.29, 0.717) is 25.9 Å². The summed E-state index contributed by atoms with van der Waals surface area (Å²) in [7, 11) is 0. The first-order valence-corrected chi connectivity index (χ1v) is 3.53. The topological polar surface area (TPSA) is 78.5 Å². The fraction of sp³-hybridized carbons (Fsp3) is 1.00. The Bertz CT molecular complexity index is 62.8. The third kappa shape index (κ3) is 5.97. The van der Waals surface area contributed by atoms with Gasteiger partial charge in [-0.1, -0.05) is 0 Å². The van der Waals surface area contributed by atoms with Crippen molar-refractivity contribution in [2.24, 2.45) is 5.73 Å². The van der Waals surface area contributed by atoms with Gasteiger partial charge in [0.2, 0.25) is 0 Å². The summed E-state index contributed by atoms with van der Waals surface area (Å²) in [4.78, 5) is 0. The van der Waals surface area contributed by atoms with Crippen LogP contribution in [-0.2, 0) is 0 Å². The van der Waals surface area contributed by atoms with Gasteiger partial charge in [-0.3, -0.25) is 5.32 Å². The highest BCUT2D eigenvalue weighted by molar-refractivity contribution is 4.53. The Kier molecular flexibility index (Phi) is 6.84. The quantitative estimate of drug-likeness (QED) is 0.350. The van der Waals surface area contributed by atoms with Crippen molar-refractivity contribution < 1.29 is 10.2 Å². The van der Waals surface area contributed by atoms with Crippen molar-refractivity contribution in [3.8, 4) is 0 Å². The molecule has 0 aliphatic carbocycles. The lowest BCUT2D eigenvalue weighted by Crippen LogP contribution is -2.33. The highest BCUT2D eigenvalue weighted by Crippen LogP contribution is 1.90. The second-order valence-corrected chi connectivity index (χ2v) is 2.12. The van der Waals surface area contributed by atoms with Gasteiger partial charge in [0.15, 0.2) is 0 Å². The number of rotatable bonds is 6. The second kappa shape index (κ2) is 6.95. The van der Waals surface area contributed by atoms with E-state index in [1.54, 1.807) is 0 Å². The van der Waals surface area contributed by atoms with E-state index in [4.69, 9.17) is 15.9 Å². The lowest BCUT2D eigenvalue weighted by Gasteiger charge is -2.09. The van der Waals surface area contributed by atoms with Gasteiger partial charge < -0.3 is 15.9 Å². The molecule has 5 N–H and O–H groups in total. The minimum absolute atomic E-state index is 0.126. The van der Waals surface area contributed by atoms with E-state index < -0.39 is 6.23 Å². The maximum Gasteiger partial charge on any atom is 0.105 e. The van der Waals surface area contributed by atoms with E-state index in [1.807, 2.05) is 0 Å². The van der Waals surface area contributed by atoms with E-state index >= 15 is 0 Å². The van der Waals surface area contributed by atoms with Gasteiger partial charge in [0.25, 0.3) is 0 Å². The highest BCUT2D eigenvalue weighted by Gasteiger charge is 1.99. The Hall–Kier alpha value is -0.160. The van der Waals surface area contributed by atoms with Gasteiger partial charge in [-0.2, -0.15) is 0 Å². The number of hydrogen-bond donors (Lipinski definition) is 4. The third-order valence-corrected chi connectivity index (χ3v) is 1.16. The molecule has 10 heavy (non-hydrogen) atoms. The zero-order valence-corrected chi connectivity index (χ0v) is 6.08. The summed E-state index contributed by atoms with van der Waals surface area (Å²) in [5.74, 6) is 0. The van der Waals surface area contributed by atoms with Gasteiger partial charge >= 0.3 is 0 Å². The molecular formula is C6H16N2O2. The van der Waals surface area contributed by atoms with Gasteiger partial charge in [-0.25, -0.2) is 0 Å². The van der Waals surface area contributed by atoms with Crippen molar-refractivity contribution in [1.29, 1.82) is 0 Å². The van der Waals surface area contributed by atoms with Crippen molar-refractivity contribution in [2.75, 3.05) is 19.7 Å². The molecule has 1 atom stereocenters. The van der Waals surface area contributed by atoms with E-state index in [2.05, 4.69) is 5.32 Å². The Labute approximate surface area is 61.0 Å². The highest BCUT2D eigenvalue weighted by atomic mass is 16.3. The molecule has 4 nitrogen and oxygen atoms in total. The van der Waals surface area contributed by atoms with Crippen LogP contribution in [-0.4, -0.2) is 36.1 Å². The first kappa shape index (κ1) is 9.84. The molecule has 0 saturated carbocycles. The zero-order chi connectivity index (χ0) is 7.82. The predicted octanol–water partition coefficient (Wildman–Crippen LogP) is -1.37. The Morgan fingerprint density at radius 3 is 2.70 bits per heavy atom. The molecule has 0 aliphatic heterocycles. The smallest absolute Gasteiger partial charge is 0.105 e. The monoisotopic (exact) mass is 148 g/mol. The number of nitrogens with two attached hydrogens (primary N) is 1. The third-order valence-electron chi connectivity index (χ3n) is 1.16. The van der Waals surface area contributed by atoms with Gasteiger partial charge in [-0.15, -0.1) is 0 Å². The molecule has 0 rings (SSSR count). The Morgan fingerprint density at radius 2 is 2.20 bits per heavy atom. The van der Waals surface area contributed by atoms with E-state index in [-0.39, 0.29) is 6.61 Å². The zero-order valence-electron chi connectivity index (χ0n) is 6.08. The predicted molar refractivity (Wildman–Crippen MR) is 39.4 cm³/mol. The van der Waals surface area contributed by atoms with Crippen molar-refractivity contribution in [1.82, 2.24) is 5.32 Å². The maximum atomic E-state index is 9.03. The largest absolute Gasteiger partial charge is 0.396 e. The molecule has 0 aromatic heterocycles. The van der Waals surface area contributed by atoms with Gasteiger partial charge in [-0.05, 0) is 12.8 Å². The summed E-state index contributed by atoms with van der Waals surface area (Å²) in [6.07, 6.45) is 0.686. The van der Waals surface area contributed by atoms with Crippen molar-refractivity contribution in [3.05, 3.63) is 0 Å². The molecule has 0 amide bonds. The normalized spacial score (nSPS) is 13.5. The van der Waals surface area contributed by atoms with Crippen LogP contribution in [0.2, 0.25) is 0 Å². The summed E-state index contributed by atoms with van der Waals surface area (Å²) in [5.41, 5.74) is 5.18. The molecule has 0 bridgehead atoms. The van der Waals surface area contributed by atoms with Crippen LogP contribution in [0.25, 0.3) is 0 Å². The molecule has 0 saturated heterocycles. The minimum atomic E-state index is -0.518. The number of nitrogens with one attached hydrogen (secondary N) is 1. The first-order chi connectivity index (χ1) is 4.81. The van der Waals surface area contributed by atoms with E-state index in [1.165, 1.54) is 0 Å². The van der Waals surface area contributed by atoms with Crippen LogP contribution in [0.1, 0.15) is 12.8 Å². The van der Waals surface area contributed by atoms with Crippen LogP contribution in [0.5, 0.6) is 0 Å². The summed E-state index contributed by atoms with van der Waals surface area (Å²) in [5, 5.41) is 20.2. The van der Waals surface area contributed by atoms with Crippen molar-refractivity contribution in [2.45, 2.75) is 19.1 Å². The molecule has 0 fully saturated rings. The van der Waals surface area contributed by atoms with Gasteiger partial charge in [0.1, 0.15) is 6.23 Å². The maximum absolute atomic E-state index is 9.03. The van der Waals surface area contributed by atoms with Crippen molar-refractivity contribution in [3.63, 3.8) is 0 Å². The standard InChI is InChI=1S/C6H16N2O2/c7-3-4-8-6(10)2-1-5-9/h6,8-10H,1-5,7H2. The molecule has 0 spiro atoms. The number of hydrogen-bond acceptors (Lipinski definition) is 4. The number of aliphatic hydroxyl groups excluding tert-OH is 2. The Morgan fingerprint density at radius 1 is 1.50 bits per heavy atom. The summed E-state index contributed by atoms with van der Waals surface area (Å²) in [6, 6.07) is 0. The molecular weight excluding hydrogens is 132 g/mol. The Balaban J connectivity index is 3.00. The molecule has 62 valence electrons. The minimum Gasteiger partial charge on any atom is -0.396 e. The van der Waals surface area contributed by atoms with Gasteiger partial charge in [0, 0.05) is 19.7 Å². The van der Waals surface area contributed by atoms with Gasteiger partial charge in [0.05, 0.1) is 0 Å². The molecule has 0 aliphatic rings. The SMILES string of the molecule is NCCNC(O)CCCO. The molecule has 4 heteroatoms. The molecule has 0 heterocycles. The van der Waals surface area contributed by atoms with Crippen molar-refractivity contribution >= 4 is 0 Å². The molecule has 0 aromatic rings. The first-order valence-electron chi connectivity index (χ1n) is 3.53. The van der Waals surface area contributed by atoms with Crippen LogP contribution < -0.4 is 11.1 Å². The molecule has 1 unspecified atom stereocenters. The molecule has 0 radical (unpaired) electrons. The second-order valence-electron chi connectivity index (χ2n) is 2.12. The van der Waals surface area contributed by atoms with E-state index in [0.717, 1.165) is 0 Å². The number of aliphatic hydroxyl groups is 2. The summed E-state index contributed by atoms with van der Waals surface area (Å²) >= 11 is 0.